The number of allylic oxidation sites excluding steroid dienone is 5. The number of anilines is 3. The molecule has 1 aliphatic heterocycles. The molecule has 1 aliphatic carbocycles. The van der Waals surface area contributed by atoms with Crippen LogP contribution in [0.15, 0.2) is 90.7 Å². The predicted molar refractivity (Wildman–Crippen MR) is 142 cm³/mol. The quantitative estimate of drug-likeness (QED) is 0.468. The molecule has 1 N–H and O–H groups in total. The molecule has 7 nitrogen and oxygen atoms in total. The summed E-state index contributed by atoms with van der Waals surface area (Å²) in [5, 5.41) is 3.23. The van der Waals surface area contributed by atoms with Gasteiger partial charge in [-0.1, -0.05) is 43.4 Å². The van der Waals surface area contributed by atoms with E-state index in [2.05, 4.69) is 35.5 Å². The third kappa shape index (κ3) is 5.00. The number of carbonyl (C=O) groups is 1. The van der Waals surface area contributed by atoms with Gasteiger partial charge in [-0.05, 0) is 54.3 Å². The maximum Gasteiger partial charge on any atom is 0.265 e. The van der Waals surface area contributed by atoms with Crippen LogP contribution in [0, 0.1) is 5.92 Å². The Morgan fingerprint density at radius 2 is 2.06 bits per heavy atom. The van der Waals surface area contributed by atoms with Crippen molar-refractivity contribution >= 4 is 23.2 Å². The van der Waals surface area contributed by atoms with E-state index in [0.29, 0.717) is 18.2 Å². The highest BCUT2D eigenvalue weighted by Crippen LogP contribution is 2.37. The van der Waals surface area contributed by atoms with Crippen LogP contribution in [-0.4, -0.2) is 36.1 Å². The van der Waals surface area contributed by atoms with Crippen molar-refractivity contribution in [3.63, 3.8) is 0 Å². The second-order valence-corrected chi connectivity index (χ2v) is 8.60. The van der Waals surface area contributed by atoms with Crippen molar-refractivity contribution < 1.29 is 14.3 Å². The fourth-order valence-corrected chi connectivity index (χ4v) is 4.38. The number of nitrogens with zero attached hydrogens (tertiary/aromatic N) is 3. The summed E-state index contributed by atoms with van der Waals surface area (Å²) in [5.41, 5.74) is 4.38. The van der Waals surface area contributed by atoms with E-state index in [1.807, 2.05) is 65.6 Å². The highest BCUT2D eigenvalue weighted by molar-refractivity contribution is 5.99. The second kappa shape index (κ2) is 10.5. The molecule has 0 fully saturated rings. The van der Waals surface area contributed by atoms with Crippen LogP contribution in [0.3, 0.4) is 0 Å². The number of hydrogen-bond acceptors (Lipinski definition) is 6. The SMILES string of the molecule is CCC1C=CC=CC=C1CN1C(=O)COc2ccc(-c3ccnc(Nc4cccc(OC)c4)n3)cc21. The molecule has 0 saturated heterocycles. The van der Waals surface area contributed by atoms with Gasteiger partial charge < -0.3 is 19.7 Å². The van der Waals surface area contributed by atoms with Gasteiger partial charge in [0.25, 0.3) is 5.91 Å². The van der Waals surface area contributed by atoms with E-state index in [0.717, 1.165) is 34.8 Å². The number of hydrogen-bond donors (Lipinski definition) is 1. The lowest BCUT2D eigenvalue weighted by Crippen LogP contribution is -2.40. The largest absolute Gasteiger partial charge is 0.497 e. The van der Waals surface area contributed by atoms with Crippen molar-refractivity contribution in [3.05, 3.63) is 90.7 Å². The molecule has 0 saturated carbocycles. The summed E-state index contributed by atoms with van der Waals surface area (Å²) in [7, 11) is 1.63. The number of amides is 1. The van der Waals surface area contributed by atoms with E-state index in [1.165, 1.54) is 5.57 Å². The van der Waals surface area contributed by atoms with Gasteiger partial charge in [-0.25, -0.2) is 9.97 Å². The topological polar surface area (TPSA) is 76.6 Å². The number of fused-ring (bicyclic) bond motifs is 1. The van der Waals surface area contributed by atoms with Crippen molar-refractivity contribution in [1.29, 1.82) is 0 Å². The summed E-state index contributed by atoms with van der Waals surface area (Å²) >= 11 is 0. The monoisotopic (exact) mass is 480 g/mol. The van der Waals surface area contributed by atoms with Crippen LogP contribution in [0.1, 0.15) is 13.3 Å². The number of nitrogens with one attached hydrogen (secondary N) is 1. The highest BCUT2D eigenvalue weighted by Gasteiger charge is 2.28. The first-order chi connectivity index (χ1) is 17.6. The zero-order chi connectivity index (χ0) is 24.9. The molecule has 1 unspecified atom stereocenters. The Morgan fingerprint density at radius 1 is 1.14 bits per heavy atom. The second-order valence-electron chi connectivity index (χ2n) is 8.60. The fourth-order valence-electron chi connectivity index (χ4n) is 4.38. The van der Waals surface area contributed by atoms with Crippen LogP contribution in [0.25, 0.3) is 11.3 Å². The third-order valence-corrected chi connectivity index (χ3v) is 6.31. The minimum Gasteiger partial charge on any atom is -0.497 e. The molecule has 7 heteroatoms. The Labute approximate surface area is 210 Å². The number of rotatable bonds is 7. The zero-order valence-corrected chi connectivity index (χ0v) is 20.3. The van der Waals surface area contributed by atoms with Gasteiger partial charge in [-0.2, -0.15) is 0 Å². The highest BCUT2D eigenvalue weighted by atomic mass is 16.5. The average molecular weight is 481 g/mol. The van der Waals surface area contributed by atoms with Gasteiger partial charge in [0, 0.05) is 30.1 Å². The van der Waals surface area contributed by atoms with Gasteiger partial charge in [0.05, 0.1) is 18.5 Å². The van der Waals surface area contributed by atoms with Crippen molar-refractivity contribution in [2.75, 3.05) is 30.5 Å². The molecule has 1 amide bonds. The van der Waals surface area contributed by atoms with Crippen LogP contribution in [0.5, 0.6) is 11.5 Å². The van der Waals surface area contributed by atoms with E-state index in [9.17, 15) is 4.79 Å². The van der Waals surface area contributed by atoms with Gasteiger partial charge in [0.1, 0.15) is 11.5 Å². The first kappa shape index (κ1) is 23.4. The third-order valence-electron chi connectivity index (χ3n) is 6.31. The molecule has 3 aromatic rings. The number of methoxy groups -OCH3 is 1. The summed E-state index contributed by atoms with van der Waals surface area (Å²) in [6, 6.07) is 15.3. The average Bonchev–Trinajstić information content (AvgIpc) is 3.15. The lowest BCUT2D eigenvalue weighted by Gasteiger charge is -2.31. The van der Waals surface area contributed by atoms with Crippen molar-refractivity contribution in [2.24, 2.45) is 5.92 Å². The predicted octanol–water partition coefficient (Wildman–Crippen LogP) is 5.70. The molecule has 1 atom stereocenters. The standard InChI is InChI=1S/C29H28N4O3/c1-3-20-8-5-4-6-9-22(20)18-33-26-16-21(12-13-27(26)36-19-28(33)34)25-14-15-30-29(32-25)31-23-10-7-11-24(17-23)35-2/h4-17,20H,3,18-19H2,1-2H3,(H,30,31,32). The Bertz CT molecular complexity index is 1360. The number of carbonyl (C=O) groups excluding carboxylic acids is 1. The molecular formula is C29H28N4O3. The lowest BCUT2D eigenvalue weighted by atomic mass is 9.95. The molecule has 0 bridgehead atoms. The molecule has 36 heavy (non-hydrogen) atoms. The van der Waals surface area contributed by atoms with Crippen LogP contribution < -0.4 is 19.7 Å². The molecule has 182 valence electrons. The maximum absolute atomic E-state index is 13.0. The van der Waals surface area contributed by atoms with E-state index in [4.69, 9.17) is 14.5 Å². The molecule has 5 rings (SSSR count). The van der Waals surface area contributed by atoms with E-state index in [-0.39, 0.29) is 18.4 Å². The summed E-state index contributed by atoms with van der Waals surface area (Å²) < 4.78 is 11.0. The Balaban J connectivity index is 1.44. The molecule has 1 aromatic heterocycles. The van der Waals surface area contributed by atoms with Crippen LogP contribution in [-0.2, 0) is 4.79 Å². The molecule has 0 spiro atoms. The Hall–Kier alpha value is -4.39. The fraction of sp³-hybridized carbons (Fsp3) is 0.207. The first-order valence-corrected chi connectivity index (χ1v) is 12.0. The summed E-state index contributed by atoms with van der Waals surface area (Å²) in [5.74, 6) is 2.13. The maximum atomic E-state index is 13.0. The van der Waals surface area contributed by atoms with Crippen molar-refractivity contribution in [2.45, 2.75) is 13.3 Å². The minimum absolute atomic E-state index is 0.0320. The van der Waals surface area contributed by atoms with Crippen LogP contribution in [0.2, 0.25) is 0 Å². The van der Waals surface area contributed by atoms with Gasteiger partial charge >= 0.3 is 0 Å². The Kier molecular flexibility index (Phi) is 6.80. The Morgan fingerprint density at radius 3 is 2.92 bits per heavy atom. The summed E-state index contributed by atoms with van der Waals surface area (Å²) in [6.07, 6.45) is 13.1. The van der Waals surface area contributed by atoms with E-state index in [1.54, 1.807) is 13.3 Å². The number of benzene rings is 2. The zero-order valence-electron chi connectivity index (χ0n) is 20.3. The van der Waals surface area contributed by atoms with Crippen LogP contribution in [0.4, 0.5) is 17.3 Å². The van der Waals surface area contributed by atoms with E-state index >= 15 is 0 Å². The van der Waals surface area contributed by atoms with Gasteiger partial charge in [0.2, 0.25) is 5.95 Å². The molecule has 0 radical (unpaired) electrons. The molecular weight excluding hydrogens is 452 g/mol. The molecule has 2 aromatic carbocycles. The smallest absolute Gasteiger partial charge is 0.265 e. The number of aromatic nitrogens is 2. The van der Waals surface area contributed by atoms with Gasteiger partial charge in [0.15, 0.2) is 6.61 Å². The van der Waals surface area contributed by atoms with E-state index < -0.39 is 0 Å². The summed E-state index contributed by atoms with van der Waals surface area (Å²) in [4.78, 5) is 23.8. The van der Waals surface area contributed by atoms with Crippen molar-refractivity contribution in [3.8, 4) is 22.8 Å². The molecule has 2 aliphatic rings. The first-order valence-electron chi connectivity index (χ1n) is 12.0. The van der Waals surface area contributed by atoms with Gasteiger partial charge in [-0.3, -0.25) is 4.79 Å². The minimum atomic E-state index is -0.0596. The summed E-state index contributed by atoms with van der Waals surface area (Å²) in [6.45, 7) is 2.70. The lowest BCUT2D eigenvalue weighted by molar-refractivity contribution is -0.121. The van der Waals surface area contributed by atoms with Crippen molar-refractivity contribution in [1.82, 2.24) is 9.97 Å². The normalized spacial score (nSPS) is 16.6. The molecule has 2 heterocycles. The number of ether oxygens (including phenoxy) is 2. The van der Waals surface area contributed by atoms with Crippen LogP contribution >= 0.6 is 0 Å². The van der Waals surface area contributed by atoms with Gasteiger partial charge in [-0.15, -0.1) is 0 Å².